The molecule has 0 aliphatic rings. The third-order valence-electron chi connectivity index (χ3n) is 3.44. The van der Waals surface area contributed by atoms with Crippen molar-refractivity contribution >= 4 is 18.1 Å². The molecule has 0 radical (unpaired) electrons. The molecule has 172 valence electrons. The molecule has 0 heterocycles. The number of rotatable bonds is 7. The number of allylic oxidation sites excluding steroid dienone is 1. The Balaban J connectivity index is 2.91. The van der Waals surface area contributed by atoms with Crippen molar-refractivity contribution in [3.8, 4) is 5.75 Å². The standard InChI is InChI=1S/C23H35N3O5/c1-8-9-12-15-29-18-14-11-10-13-17(18)16-24-19(25-20(27)30-22(2,3)4)26-21(28)31-23(5,6)7/h8,10-11,13-14H,1,9,12,15-16H2,2-7H3,(H2,24,25,26,27,28). The number of aliphatic imine (C=N–C) groups is 1. The van der Waals surface area contributed by atoms with Gasteiger partial charge in [0.1, 0.15) is 17.0 Å². The minimum atomic E-state index is -0.833. The molecular weight excluding hydrogens is 398 g/mol. The number of guanidine groups is 1. The van der Waals surface area contributed by atoms with Crippen molar-refractivity contribution in [2.45, 2.75) is 72.1 Å². The van der Waals surface area contributed by atoms with Crippen LogP contribution in [0.15, 0.2) is 41.9 Å². The predicted octanol–water partition coefficient (Wildman–Crippen LogP) is 4.94. The van der Waals surface area contributed by atoms with Crippen LogP contribution in [0.2, 0.25) is 0 Å². The van der Waals surface area contributed by atoms with Crippen molar-refractivity contribution in [1.82, 2.24) is 10.6 Å². The van der Waals surface area contributed by atoms with E-state index < -0.39 is 23.4 Å². The molecule has 31 heavy (non-hydrogen) atoms. The normalized spacial score (nSPS) is 12.0. The summed E-state index contributed by atoms with van der Waals surface area (Å²) in [5.74, 6) is 0.623. The minimum absolute atomic E-state index is 0.0787. The predicted molar refractivity (Wildman–Crippen MR) is 121 cm³/mol. The first-order valence-electron chi connectivity index (χ1n) is 10.3. The van der Waals surface area contributed by atoms with Gasteiger partial charge in [-0.3, -0.25) is 5.32 Å². The number of amides is 2. The lowest BCUT2D eigenvalue weighted by atomic mass is 10.2. The summed E-state index contributed by atoms with van der Waals surface area (Å²) in [6.07, 6.45) is 2.00. The average molecular weight is 434 g/mol. The molecule has 0 atom stereocenters. The Kier molecular flexibility index (Phi) is 10.0. The zero-order valence-electron chi connectivity index (χ0n) is 19.4. The van der Waals surface area contributed by atoms with Crippen molar-refractivity contribution in [3.05, 3.63) is 42.5 Å². The number of hydrogen-bond acceptors (Lipinski definition) is 5. The third kappa shape index (κ3) is 12.3. The lowest BCUT2D eigenvalue weighted by Crippen LogP contribution is -2.44. The largest absolute Gasteiger partial charge is 0.493 e. The Morgan fingerprint density at radius 2 is 1.71 bits per heavy atom. The number of carbonyl (C=O) groups is 2. The first-order chi connectivity index (χ1) is 14.4. The fraction of sp³-hybridized carbons (Fsp3) is 0.522. The molecule has 0 fully saturated rings. The zero-order valence-corrected chi connectivity index (χ0v) is 19.4. The van der Waals surface area contributed by atoms with Crippen molar-refractivity contribution < 1.29 is 23.8 Å². The minimum Gasteiger partial charge on any atom is -0.493 e. The highest BCUT2D eigenvalue weighted by molar-refractivity contribution is 5.98. The van der Waals surface area contributed by atoms with Gasteiger partial charge in [0.05, 0.1) is 6.61 Å². The van der Waals surface area contributed by atoms with Crippen LogP contribution in [0.4, 0.5) is 9.59 Å². The first kappa shape index (κ1) is 26.0. The third-order valence-corrected chi connectivity index (χ3v) is 3.44. The summed E-state index contributed by atoms with van der Waals surface area (Å²) in [7, 11) is 0. The molecule has 1 aromatic carbocycles. The van der Waals surface area contributed by atoms with Crippen LogP contribution in [0.5, 0.6) is 5.75 Å². The van der Waals surface area contributed by atoms with Crippen LogP contribution in [-0.2, 0) is 16.0 Å². The molecule has 0 unspecified atom stereocenters. The molecule has 2 amide bonds. The molecule has 0 bridgehead atoms. The second kappa shape index (κ2) is 12.0. The number of hydrogen-bond donors (Lipinski definition) is 2. The number of ether oxygens (including phenoxy) is 3. The van der Waals surface area contributed by atoms with Crippen molar-refractivity contribution in [1.29, 1.82) is 0 Å². The molecule has 8 heteroatoms. The van der Waals surface area contributed by atoms with Gasteiger partial charge in [0.25, 0.3) is 0 Å². The number of nitrogens with one attached hydrogen (secondary N) is 2. The molecule has 0 saturated carbocycles. The number of alkyl carbamates (subject to hydrolysis) is 1. The van der Waals surface area contributed by atoms with E-state index in [9.17, 15) is 9.59 Å². The summed E-state index contributed by atoms with van der Waals surface area (Å²) in [4.78, 5) is 28.2. The number of unbranched alkanes of at least 4 members (excludes halogenated alkanes) is 1. The number of nitrogens with zero attached hydrogens (tertiary/aromatic N) is 1. The molecule has 1 aromatic rings. The van der Waals surface area contributed by atoms with Gasteiger partial charge >= 0.3 is 12.2 Å². The van der Waals surface area contributed by atoms with Gasteiger partial charge in [-0.1, -0.05) is 24.3 Å². The van der Waals surface area contributed by atoms with Gasteiger partial charge in [0, 0.05) is 12.1 Å². The van der Waals surface area contributed by atoms with E-state index >= 15 is 0 Å². The number of benzene rings is 1. The maximum atomic E-state index is 12.2. The van der Waals surface area contributed by atoms with Gasteiger partial charge in [-0.25, -0.2) is 9.59 Å². The van der Waals surface area contributed by atoms with E-state index in [-0.39, 0.29) is 12.5 Å². The monoisotopic (exact) mass is 433 g/mol. The molecular formula is C23H35N3O5. The van der Waals surface area contributed by atoms with Crippen LogP contribution >= 0.6 is 0 Å². The van der Waals surface area contributed by atoms with Crippen LogP contribution in [0.25, 0.3) is 0 Å². The lowest BCUT2D eigenvalue weighted by molar-refractivity contribution is 0.0560. The molecule has 1 rings (SSSR count). The summed E-state index contributed by atoms with van der Waals surface area (Å²) in [6, 6.07) is 7.49. The second-order valence-corrected chi connectivity index (χ2v) is 8.81. The van der Waals surface area contributed by atoms with E-state index in [1.165, 1.54) is 0 Å². The smallest absolute Gasteiger partial charge is 0.437 e. The number of carbonyl (C=O) groups excluding carboxylic acids is 2. The Morgan fingerprint density at radius 3 is 2.32 bits per heavy atom. The fourth-order valence-electron chi connectivity index (χ4n) is 2.27. The Morgan fingerprint density at radius 1 is 1.06 bits per heavy atom. The van der Waals surface area contributed by atoms with Crippen LogP contribution in [-0.4, -0.2) is 36.0 Å². The second-order valence-electron chi connectivity index (χ2n) is 8.81. The maximum Gasteiger partial charge on any atom is 0.437 e. The SMILES string of the molecule is C=CCCCOc1ccccc1CN/C(=N\C(=O)OC(C)(C)C)NC(=O)OC(C)(C)C. The quantitative estimate of drug-likeness (QED) is 0.274. The Labute approximate surface area is 185 Å². The van der Waals surface area contributed by atoms with E-state index in [0.29, 0.717) is 12.4 Å². The van der Waals surface area contributed by atoms with Crippen molar-refractivity contribution in [2.75, 3.05) is 6.61 Å². The molecule has 0 aliphatic carbocycles. The topological polar surface area (TPSA) is 98.3 Å². The summed E-state index contributed by atoms with van der Waals surface area (Å²) >= 11 is 0. The van der Waals surface area contributed by atoms with E-state index in [0.717, 1.165) is 18.4 Å². The van der Waals surface area contributed by atoms with E-state index in [1.54, 1.807) is 41.5 Å². The maximum absolute atomic E-state index is 12.2. The molecule has 2 N–H and O–H groups in total. The highest BCUT2D eigenvalue weighted by Gasteiger charge is 2.20. The van der Waals surface area contributed by atoms with Crippen molar-refractivity contribution in [3.63, 3.8) is 0 Å². The Bertz CT molecular complexity index is 776. The molecule has 0 spiro atoms. The van der Waals surface area contributed by atoms with E-state index in [1.807, 2.05) is 30.3 Å². The van der Waals surface area contributed by atoms with Crippen LogP contribution < -0.4 is 15.4 Å². The summed E-state index contributed by atoms with van der Waals surface area (Å²) < 4.78 is 16.3. The molecule has 0 aliphatic heterocycles. The van der Waals surface area contributed by atoms with Crippen LogP contribution in [0.3, 0.4) is 0 Å². The van der Waals surface area contributed by atoms with E-state index in [2.05, 4.69) is 22.2 Å². The highest BCUT2D eigenvalue weighted by Crippen LogP contribution is 2.18. The van der Waals surface area contributed by atoms with Crippen LogP contribution in [0, 0.1) is 0 Å². The summed E-state index contributed by atoms with van der Waals surface area (Å²) in [5.41, 5.74) is -0.583. The van der Waals surface area contributed by atoms with E-state index in [4.69, 9.17) is 14.2 Å². The lowest BCUT2D eigenvalue weighted by Gasteiger charge is -2.21. The van der Waals surface area contributed by atoms with Gasteiger partial charge in [-0.05, 0) is 60.5 Å². The first-order valence-corrected chi connectivity index (χ1v) is 10.3. The Hall–Kier alpha value is -3.03. The summed E-state index contributed by atoms with van der Waals surface area (Å²) in [6.45, 7) is 14.9. The molecule has 0 saturated heterocycles. The zero-order chi connectivity index (χ0) is 23.5. The highest BCUT2D eigenvalue weighted by atomic mass is 16.6. The van der Waals surface area contributed by atoms with Gasteiger partial charge in [-0.2, -0.15) is 0 Å². The van der Waals surface area contributed by atoms with Gasteiger partial charge in [0.15, 0.2) is 0 Å². The number of para-hydroxylation sites is 1. The van der Waals surface area contributed by atoms with Crippen LogP contribution in [0.1, 0.15) is 59.9 Å². The van der Waals surface area contributed by atoms with Gasteiger partial charge < -0.3 is 19.5 Å². The van der Waals surface area contributed by atoms with Gasteiger partial charge in [-0.15, -0.1) is 11.6 Å². The molecule has 8 nitrogen and oxygen atoms in total. The van der Waals surface area contributed by atoms with Gasteiger partial charge in [0.2, 0.25) is 5.96 Å². The summed E-state index contributed by atoms with van der Waals surface area (Å²) in [5, 5.41) is 5.42. The average Bonchev–Trinajstić information content (AvgIpc) is 2.61. The molecule has 0 aromatic heterocycles. The fourth-order valence-corrected chi connectivity index (χ4v) is 2.27. The van der Waals surface area contributed by atoms with Crippen molar-refractivity contribution in [2.24, 2.45) is 4.99 Å².